The van der Waals surface area contributed by atoms with Crippen molar-refractivity contribution in [1.29, 1.82) is 0 Å². The summed E-state index contributed by atoms with van der Waals surface area (Å²) in [6.07, 6.45) is 5.48. The second kappa shape index (κ2) is 7.37. The largest absolute Gasteiger partial charge is 0.354 e. The molecule has 1 atom stereocenters. The molecule has 0 fully saturated rings. The molecule has 3 heteroatoms. The summed E-state index contributed by atoms with van der Waals surface area (Å²) in [5.41, 5.74) is 8.00. The fourth-order valence-corrected chi connectivity index (χ4v) is 2.12. The number of aryl methyl sites for hydroxylation is 1. The van der Waals surface area contributed by atoms with E-state index in [1.165, 1.54) is 18.4 Å². The van der Waals surface area contributed by atoms with Gasteiger partial charge in [-0.1, -0.05) is 20.3 Å². The van der Waals surface area contributed by atoms with E-state index in [1.807, 2.05) is 6.20 Å². The molecule has 0 radical (unpaired) electrons. The molecule has 2 N–H and O–H groups in total. The van der Waals surface area contributed by atoms with E-state index in [0.29, 0.717) is 12.6 Å². The van der Waals surface area contributed by atoms with Gasteiger partial charge in [-0.05, 0) is 43.9 Å². The summed E-state index contributed by atoms with van der Waals surface area (Å²) in [6.45, 7) is 10.5. The third-order valence-electron chi connectivity index (χ3n) is 3.49. The molecule has 0 aliphatic rings. The summed E-state index contributed by atoms with van der Waals surface area (Å²) >= 11 is 0. The fraction of sp³-hybridized carbons (Fsp3) is 0.667. The van der Waals surface area contributed by atoms with E-state index in [9.17, 15) is 0 Å². The summed E-state index contributed by atoms with van der Waals surface area (Å²) < 4.78 is 0. The lowest BCUT2D eigenvalue weighted by atomic mass is 10.1. The van der Waals surface area contributed by atoms with Gasteiger partial charge in [0, 0.05) is 25.3 Å². The van der Waals surface area contributed by atoms with E-state index < -0.39 is 0 Å². The smallest absolute Gasteiger partial charge is 0.131 e. The Morgan fingerprint density at radius 2 is 2.11 bits per heavy atom. The van der Waals surface area contributed by atoms with Crippen LogP contribution < -0.4 is 10.6 Å². The van der Waals surface area contributed by atoms with Crippen LogP contribution in [0.3, 0.4) is 0 Å². The van der Waals surface area contributed by atoms with Crippen LogP contribution in [0, 0.1) is 6.92 Å². The minimum absolute atomic E-state index is 0.534. The molecule has 0 spiro atoms. The zero-order valence-corrected chi connectivity index (χ0v) is 12.2. The highest BCUT2D eigenvalue weighted by Gasteiger charge is 2.15. The average Bonchev–Trinajstić information content (AvgIpc) is 2.39. The lowest BCUT2D eigenvalue weighted by molar-refractivity contribution is 0.588. The van der Waals surface area contributed by atoms with Gasteiger partial charge in [0.2, 0.25) is 0 Å². The van der Waals surface area contributed by atoms with Crippen LogP contribution >= 0.6 is 0 Å². The Kier molecular flexibility index (Phi) is 6.13. The Morgan fingerprint density at radius 3 is 2.61 bits per heavy atom. The molecule has 0 bridgehead atoms. The van der Waals surface area contributed by atoms with Crippen LogP contribution in [0.5, 0.6) is 0 Å². The van der Waals surface area contributed by atoms with Crippen molar-refractivity contribution < 1.29 is 0 Å². The Hall–Kier alpha value is -1.09. The SMILES string of the molecule is CCCCN(c1ncc(CN)cc1C)C(C)CC. The quantitative estimate of drug-likeness (QED) is 0.806. The number of nitrogens with two attached hydrogens (primary N) is 1. The van der Waals surface area contributed by atoms with Gasteiger partial charge in [-0.15, -0.1) is 0 Å². The fourth-order valence-electron chi connectivity index (χ4n) is 2.12. The summed E-state index contributed by atoms with van der Waals surface area (Å²) in [5, 5.41) is 0. The van der Waals surface area contributed by atoms with E-state index in [-0.39, 0.29) is 0 Å². The first-order valence-electron chi connectivity index (χ1n) is 7.06. The first-order chi connectivity index (χ1) is 8.63. The Labute approximate surface area is 111 Å². The number of nitrogens with zero attached hydrogens (tertiary/aromatic N) is 2. The normalized spacial score (nSPS) is 12.5. The maximum atomic E-state index is 5.66. The molecule has 1 aromatic heterocycles. The molecule has 18 heavy (non-hydrogen) atoms. The van der Waals surface area contributed by atoms with Crippen molar-refractivity contribution in [2.75, 3.05) is 11.4 Å². The van der Waals surface area contributed by atoms with Gasteiger partial charge in [0.15, 0.2) is 0 Å². The Morgan fingerprint density at radius 1 is 1.39 bits per heavy atom. The lowest BCUT2D eigenvalue weighted by Gasteiger charge is -2.31. The van der Waals surface area contributed by atoms with E-state index in [2.05, 4.69) is 43.6 Å². The molecular weight excluding hydrogens is 222 g/mol. The van der Waals surface area contributed by atoms with Crippen molar-refractivity contribution in [3.8, 4) is 0 Å². The topological polar surface area (TPSA) is 42.2 Å². The maximum absolute atomic E-state index is 5.66. The van der Waals surface area contributed by atoms with Gasteiger partial charge in [-0.2, -0.15) is 0 Å². The van der Waals surface area contributed by atoms with Gasteiger partial charge in [-0.25, -0.2) is 4.98 Å². The van der Waals surface area contributed by atoms with Crippen molar-refractivity contribution in [2.45, 2.75) is 59.5 Å². The molecule has 1 heterocycles. The molecule has 3 nitrogen and oxygen atoms in total. The van der Waals surface area contributed by atoms with Crippen molar-refractivity contribution in [1.82, 2.24) is 4.98 Å². The molecule has 0 saturated heterocycles. The van der Waals surface area contributed by atoms with Gasteiger partial charge < -0.3 is 10.6 Å². The highest BCUT2D eigenvalue weighted by molar-refractivity contribution is 5.48. The number of aromatic nitrogens is 1. The van der Waals surface area contributed by atoms with Crippen LogP contribution in [-0.4, -0.2) is 17.6 Å². The van der Waals surface area contributed by atoms with Crippen LogP contribution in [0.1, 0.15) is 51.2 Å². The number of unbranched alkanes of at least 4 members (excludes halogenated alkanes) is 1. The monoisotopic (exact) mass is 249 g/mol. The molecule has 0 aliphatic heterocycles. The van der Waals surface area contributed by atoms with Crippen molar-refractivity contribution in [3.05, 3.63) is 23.4 Å². The van der Waals surface area contributed by atoms with Crippen LogP contribution in [0.2, 0.25) is 0 Å². The molecular formula is C15H27N3. The average molecular weight is 249 g/mol. The van der Waals surface area contributed by atoms with Crippen LogP contribution in [0.25, 0.3) is 0 Å². The maximum Gasteiger partial charge on any atom is 0.131 e. The molecule has 0 aromatic carbocycles. The second-order valence-electron chi connectivity index (χ2n) is 4.99. The Balaban J connectivity index is 2.96. The molecule has 1 rings (SSSR count). The number of hydrogen-bond acceptors (Lipinski definition) is 3. The number of rotatable bonds is 7. The predicted octanol–water partition coefficient (Wildman–Crippen LogP) is 3.25. The lowest BCUT2D eigenvalue weighted by Crippen LogP contribution is -2.34. The van der Waals surface area contributed by atoms with Gasteiger partial charge in [0.25, 0.3) is 0 Å². The van der Waals surface area contributed by atoms with Gasteiger partial charge in [0.05, 0.1) is 0 Å². The van der Waals surface area contributed by atoms with E-state index >= 15 is 0 Å². The third kappa shape index (κ3) is 3.70. The van der Waals surface area contributed by atoms with Crippen LogP contribution in [-0.2, 0) is 6.54 Å². The van der Waals surface area contributed by atoms with E-state index in [4.69, 9.17) is 5.73 Å². The number of hydrogen-bond donors (Lipinski definition) is 1. The first-order valence-corrected chi connectivity index (χ1v) is 7.06. The van der Waals surface area contributed by atoms with Gasteiger partial charge in [-0.3, -0.25) is 0 Å². The molecule has 1 unspecified atom stereocenters. The molecule has 0 saturated carbocycles. The van der Waals surface area contributed by atoms with Crippen molar-refractivity contribution >= 4 is 5.82 Å². The first kappa shape index (κ1) is 15.0. The molecule has 102 valence electrons. The summed E-state index contributed by atoms with van der Waals surface area (Å²) in [4.78, 5) is 7.05. The number of pyridine rings is 1. The van der Waals surface area contributed by atoms with E-state index in [1.54, 1.807) is 0 Å². The number of anilines is 1. The van der Waals surface area contributed by atoms with Gasteiger partial charge >= 0.3 is 0 Å². The molecule has 1 aromatic rings. The van der Waals surface area contributed by atoms with Crippen LogP contribution in [0.4, 0.5) is 5.82 Å². The second-order valence-corrected chi connectivity index (χ2v) is 4.99. The predicted molar refractivity (Wildman–Crippen MR) is 78.9 cm³/mol. The highest BCUT2D eigenvalue weighted by atomic mass is 15.2. The zero-order chi connectivity index (χ0) is 13.5. The van der Waals surface area contributed by atoms with E-state index in [0.717, 1.165) is 24.3 Å². The minimum Gasteiger partial charge on any atom is -0.354 e. The highest BCUT2D eigenvalue weighted by Crippen LogP contribution is 2.22. The van der Waals surface area contributed by atoms with Crippen molar-refractivity contribution in [3.63, 3.8) is 0 Å². The zero-order valence-electron chi connectivity index (χ0n) is 12.2. The van der Waals surface area contributed by atoms with Gasteiger partial charge in [0.1, 0.15) is 5.82 Å². The molecule has 0 aliphatic carbocycles. The standard InChI is InChI=1S/C15H27N3/c1-5-7-8-18(13(4)6-2)15-12(3)9-14(10-16)11-17-15/h9,11,13H,5-8,10,16H2,1-4H3. The molecule has 0 amide bonds. The minimum atomic E-state index is 0.534. The van der Waals surface area contributed by atoms with Crippen molar-refractivity contribution in [2.24, 2.45) is 5.73 Å². The third-order valence-corrected chi connectivity index (χ3v) is 3.49. The summed E-state index contributed by atoms with van der Waals surface area (Å²) in [5.74, 6) is 1.12. The summed E-state index contributed by atoms with van der Waals surface area (Å²) in [6, 6.07) is 2.69. The Bertz CT molecular complexity index is 363. The summed E-state index contributed by atoms with van der Waals surface area (Å²) in [7, 11) is 0. The van der Waals surface area contributed by atoms with Crippen LogP contribution in [0.15, 0.2) is 12.3 Å².